The van der Waals surface area contributed by atoms with Crippen LogP contribution in [0.4, 0.5) is 0 Å². The number of thioether (sulfide) groups is 1. The van der Waals surface area contributed by atoms with E-state index in [9.17, 15) is 0 Å². The van der Waals surface area contributed by atoms with Crippen molar-refractivity contribution < 1.29 is 0 Å². The summed E-state index contributed by atoms with van der Waals surface area (Å²) in [6.07, 6.45) is 2.50. The molecule has 0 fully saturated rings. The van der Waals surface area contributed by atoms with Gasteiger partial charge in [0.05, 0.1) is 11.0 Å². The van der Waals surface area contributed by atoms with E-state index >= 15 is 0 Å². The molecule has 0 radical (unpaired) electrons. The van der Waals surface area contributed by atoms with E-state index in [2.05, 4.69) is 48.6 Å². The second-order valence-electron chi connectivity index (χ2n) is 4.15. The molecule has 1 heterocycles. The highest BCUT2D eigenvalue weighted by Crippen LogP contribution is 2.24. The number of hydrogen-bond donors (Lipinski definition) is 0. The number of nitrogens with zero attached hydrogens (tertiary/aromatic N) is 2. The van der Waals surface area contributed by atoms with Crippen LogP contribution in [0, 0.1) is 6.92 Å². The third-order valence-corrected chi connectivity index (χ3v) is 3.84. The molecule has 0 N–H and O–H groups in total. The number of benzene rings is 1. The van der Waals surface area contributed by atoms with Gasteiger partial charge in [0.2, 0.25) is 0 Å². The second kappa shape index (κ2) is 4.91. The molecule has 1 aromatic heterocycles. The maximum atomic E-state index is 4.67. The SMILES string of the molecule is CCCCSc1nc2cc(C)ccc2n1C. The summed E-state index contributed by atoms with van der Waals surface area (Å²) in [5, 5.41) is 1.13. The second-order valence-corrected chi connectivity index (χ2v) is 5.21. The van der Waals surface area contributed by atoms with Crippen LogP contribution in [0.3, 0.4) is 0 Å². The van der Waals surface area contributed by atoms with Gasteiger partial charge in [-0.05, 0) is 31.0 Å². The first-order valence-electron chi connectivity index (χ1n) is 5.78. The van der Waals surface area contributed by atoms with E-state index in [1.54, 1.807) is 0 Å². The summed E-state index contributed by atoms with van der Waals surface area (Å²) in [5.74, 6) is 1.16. The van der Waals surface area contributed by atoms with Crippen molar-refractivity contribution in [1.29, 1.82) is 0 Å². The molecule has 0 unspecified atom stereocenters. The number of imidazole rings is 1. The van der Waals surface area contributed by atoms with Gasteiger partial charge in [-0.3, -0.25) is 0 Å². The van der Waals surface area contributed by atoms with Gasteiger partial charge in [-0.25, -0.2) is 4.98 Å². The van der Waals surface area contributed by atoms with Crippen LogP contribution in [0.2, 0.25) is 0 Å². The molecule has 2 nitrogen and oxygen atoms in total. The summed E-state index contributed by atoms with van der Waals surface area (Å²) in [4.78, 5) is 4.67. The van der Waals surface area contributed by atoms with Gasteiger partial charge in [0.15, 0.2) is 5.16 Å². The topological polar surface area (TPSA) is 17.8 Å². The molecule has 0 aliphatic rings. The summed E-state index contributed by atoms with van der Waals surface area (Å²) in [5.41, 5.74) is 3.61. The average molecular weight is 234 g/mol. The maximum Gasteiger partial charge on any atom is 0.168 e. The van der Waals surface area contributed by atoms with Gasteiger partial charge >= 0.3 is 0 Å². The Bertz CT molecular complexity index is 488. The maximum absolute atomic E-state index is 4.67. The van der Waals surface area contributed by atoms with Crippen LogP contribution >= 0.6 is 11.8 Å². The normalized spacial score (nSPS) is 11.2. The van der Waals surface area contributed by atoms with Crippen molar-refractivity contribution in [2.75, 3.05) is 5.75 Å². The first-order chi connectivity index (χ1) is 7.72. The number of unbranched alkanes of at least 4 members (excludes halogenated alkanes) is 1. The van der Waals surface area contributed by atoms with E-state index < -0.39 is 0 Å². The smallest absolute Gasteiger partial charge is 0.168 e. The van der Waals surface area contributed by atoms with Gasteiger partial charge in [0.1, 0.15) is 0 Å². The van der Waals surface area contributed by atoms with E-state index in [-0.39, 0.29) is 0 Å². The Morgan fingerprint density at radius 2 is 2.19 bits per heavy atom. The van der Waals surface area contributed by atoms with E-state index in [1.165, 1.54) is 23.9 Å². The summed E-state index contributed by atoms with van der Waals surface area (Å²) in [6, 6.07) is 6.45. The fraction of sp³-hybridized carbons (Fsp3) is 0.462. The fourth-order valence-electron chi connectivity index (χ4n) is 1.72. The van der Waals surface area contributed by atoms with Crippen molar-refractivity contribution in [2.24, 2.45) is 7.05 Å². The lowest BCUT2D eigenvalue weighted by atomic mass is 10.2. The summed E-state index contributed by atoms with van der Waals surface area (Å²) in [6.45, 7) is 4.33. The lowest BCUT2D eigenvalue weighted by molar-refractivity contribution is 0.810. The molecule has 0 aliphatic carbocycles. The molecule has 2 aromatic rings. The van der Waals surface area contributed by atoms with Crippen molar-refractivity contribution in [3.63, 3.8) is 0 Å². The standard InChI is InChI=1S/C13H18N2S/c1-4-5-8-16-13-14-11-9-10(2)6-7-12(11)15(13)3/h6-7,9H,4-5,8H2,1-3H3. The molecule has 0 spiro atoms. The van der Waals surface area contributed by atoms with Crippen LogP contribution in [0.1, 0.15) is 25.3 Å². The minimum Gasteiger partial charge on any atom is -0.322 e. The highest BCUT2D eigenvalue weighted by molar-refractivity contribution is 7.99. The quantitative estimate of drug-likeness (QED) is 0.592. The van der Waals surface area contributed by atoms with Crippen molar-refractivity contribution >= 4 is 22.8 Å². The van der Waals surface area contributed by atoms with Crippen molar-refractivity contribution in [2.45, 2.75) is 31.8 Å². The van der Waals surface area contributed by atoms with Crippen LogP contribution in [0.25, 0.3) is 11.0 Å². The number of aryl methyl sites for hydroxylation is 2. The first-order valence-corrected chi connectivity index (χ1v) is 6.77. The van der Waals surface area contributed by atoms with Crippen molar-refractivity contribution in [3.8, 4) is 0 Å². The minimum absolute atomic E-state index is 1.11. The molecule has 0 saturated heterocycles. The van der Waals surface area contributed by atoms with Gasteiger partial charge in [-0.15, -0.1) is 0 Å². The van der Waals surface area contributed by atoms with E-state index in [4.69, 9.17) is 0 Å². The highest BCUT2D eigenvalue weighted by atomic mass is 32.2. The number of fused-ring (bicyclic) bond motifs is 1. The van der Waals surface area contributed by atoms with Crippen molar-refractivity contribution in [3.05, 3.63) is 23.8 Å². The Balaban J connectivity index is 2.29. The van der Waals surface area contributed by atoms with Gasteiger partial charge < -0.3 is 4.57 Å². The molecule has 0 atom stereocenters. The van der Waals surface area contributed by atoms with Crippen LogP contribution in [0.15, 0.2) is 23.4 Å². The largest absolute Gasteiger partial charge is 0.322 e. The summed E-state index contributed by atoms with van der Waals surface area (Å²) >= 11 is 1.86. The molecule has 0 amide bonds. The van der Waals surface area contributed by atoms with Gasteiger partial charge in [-0.1, -0.05) is 31.2 Å². The Morgan fingerprint density at radius 1 is 1.38 bits per heavy atom. The van der Waals surface area contributed by atoms with Crippen LogP contribution < -0.4 is 0 Å². The van der Waals surface area contributed by atoms with Gasteiger partial charge in [0, 0.05) is 12.8 Å². The van der Waals surface area contributed by atoms with Crippen LogP contribution in [-0.4, -0.2) is 15.3 Å². The van der Waals surface area contributed by atoms with E-state index in [0.29, 0.717) is 0 Å². The first kappa shape index (κ1) is 11.5. The minimum atomic E-state index is 1.11. The van der Waals surface area contributed by atoms with Crippen LogP contribution in [-0.2, 0) is 7.05 Å². The molecule has 16 heavy (non-hydrogen) atoms. The Kier molecular flexibility index (Phi) is 3.54. The number of aromatic nitrogens is 2. The predicted octanol–water partition coefficient (Wildman–Crippen LogP) is 3.77. The van der Waals surface area contributed by atoms with Gasteiger partial charge in [0.25, 0.3) is 0 Å². The Morgan fingerprint density at radius 3 is 2.94 bits per heavy atom. The highest BCUT2D eigenvalue weighted by Gasteiger charge is 2.07. The van der Waals surface area contributed by atoms with E-state index in [0.717, 1.165) is 16.4 Å². The average Bonchev–Trinajstić information content (AvgIpc) is 2.56. The molecular weight excluding hydrogens is 216 g/mol. The third-order valence-electron chi connectivity index (χ3n) is 2.72. The number of rotatable bonds is 4. The van der Waals surface area contributed by atoms with Crippen molar-refractivity contribution in [1.82, 2.24) is 9.55 Å². The molecule has 0 aliphatic heterocycles. The predicted molar refractivity (Wildman–Crippen MR) is 71.1 cm³/mol. The molecule has 86 valence electrons. The zero-order valence-corrected chi connectivity index (χ0v) is 11.0. The third kappa shape index (κ3) is 2.24. The summed E-state index contributed by atoms with van der Waals surface area (Å²) in [7, 11) is 2.10. The lowest BCUT2D eigenvalue weighted by Gasteiger charge is -2.00. The zero-order valence-electron chi connectivity index (χ0n) is 10.2. The Hall–Kier alpha value is -0.960. The molecule has 1 aromatic carbocycles. The molecule has 0 saturated carbocycles. The molecule has 2 rings (SSSR count). The zero-order chi connectivity index (χ0) is 11.5. The van der Waals surface area contributed by atoms with E-state index in [1.807, 2.05) is 11.8 Å². The monoisotopic (exact) mass is 234 g/mol. The van der Waals surface area contributed by atoms with Gasteiger partial charge in [-0.2, -0.15) is 0 Å². The molecular formula is C13H18N2S. The molecule has 0 bridgehead atoms. The van der Waals surface area contributed by atoms with Crippen LogP contribution in [0.5, 0.6) is 0 Å². The fourth-order valence-corrected chi connectivity index (χ4v) is 2.80. The number of hydrogen-bond acceptors (Lipinski definition) is 2. The Labute approximate surface area is 101 Å². The molecule has 3 heteroatoms. The summed E-state index contributed by atoms with van der Waals surface area (Å²) < 4.78 is 2.19. The lowest BCUT2D eigenvalue weighted by Crippen LogP contribution is -1.91.